The first-order valence-electron chi connectivity index (χ1n) is 1.01. The number of hydrogen-bond acceptors (Lipinski definition) is 3. The van der Waals surface area contributed by atoms with E-state index >= 15 is 0 Å². The van der Waals surface area contributed by atoms with E-state index in [1.807, 2.05) is 10.8 Å². The maximum atomic E-state index is 2.99. The minimum absolute atomic E-state index is 1.13. The van der Waals surface area contributed by atoms with E-state index in [9.17, 15) is 0 Å². The van der Waals surface area contributed by atoms with E-state index in [-0.39, 0.29) is 0 Å². The highest BCUT2D eigenvalue weighted by molar-refractivity contribution is 8.78. The van der Waals surface area contributed by atoms with E-state index < -0.39 is 0 Å². The van der Waals surface area contributed by atoms with Gasteiger partial charge in [0.05, 0.1) is 5.88 Å². The largest absolute Gasteiger partial charge is 0.244 e. The lowest BCUT2D eigenvalue weighted by Crippen LogP contribution is -2.07. The van der Waals surface area contributed by atoms with E-state index in [2.05, 4.69) is 4.72 Å². The summed E-state index contributed by atoms with van der Waals surface area (Å²) in [4.78, 5) is 0. The Morgan fingerprint density at radius 1 is 1.75 bits per heavy atom. The van der Waals surface area contributed by atoms with Gasteiger partial charge in [0, 0.05) is 0 Å². The fraction of sp³-hybridized carbons (Fsp3) is 1.00. The second-order valence-corrected chi connectivity index (χ2v) is 2.68. The molecule has 0 aromatic carbocycles. The van der Waals surface area contributed by atoms with Crippen molar-refractivity contribution in [1.29, 1.82) is 0 Å². The summed E-state index contributed by atoms with van der Waals surface area (Å²) in [5.41, 5.74) is 0. The molecule has 0 aliphatic carbocycles. The van der Waals surface area contributed by atoms with Gasteiger partial charge in [-0.05, 0) is 11.0 Å². The molecule has 0 amide bonds. The quantitative estimate of drug-likeness (QED) is 0.352. The average molecular weight is 93.2 g/mol. The van der Waals surface area contributed by atoms with Crippen LogP contribution in [0.4, 0.5) is 0 Å². The lowest BCUT2D eigenvalue weighted by molar-refractivity contribution is 1.24. The number of rotatable bonds is 0. The summed E-state index contributed by atoms with van der Waals surface area (Å²) in [6.45, 7) is 0. The standard InChI is InChI=1S/CH3NS2/c1-2-4-3-1/h2H,1H2. The van der Waals surface area contributed by atoms with E-state index in [0.29, 0.717) is 0 Å². The molecule has 1 fully saturated rings. The smallest absolute Gasteiger partial charge is 0.0640 e. The summed E-state index contributed by atoms with van der Waals surface area (Å²) >= 11 is 0. The Morgan fingerprint density at radius 3 is 2.00 bits per heavy atom. The number of nitrogens with one attached hydrogen (secondary N) is 1. The predicted molar refractivity (Wildman–Crippen MR) is 23.2 cm³/mol. The highest BCUT2D eigenvalue weighted by atomic mass is 33.1. The van der Waals surface area contributed by atoms with Crippen molar-refractivity contribution in [3.05, 3.63) is 0 Å². The Hall–Kier alpha value is 0.660. The highest BCUT2D eigenvalue weighted by Crippen LogP contribution is 2.24. The third kappa shape index (κ3) is 0.338. The van der Waals surface area contributed by atoms with Gasteiger partial charge in [-0.2, -0.15) is 0 Å². The Kier molecular flexibility index (Phi) is 0.857. The monoisotopic (exact) mass is 93.0 g/mol. The molecule has 0 aromatic heterocycles. The molecular formula is CH3NS2. The zero-order chi connectivity index (χ0) is 2.83. The fourth-order valence-corrected chi connectivity index (χ4v) is 0.530. The molecule has 1 saturated heterocycles. The van der Waals surface area contributed by atoms with Crippen molar-refractivity contribution in [2.75, 3.05) is 5.88 Å². The van der Waals surface area contributed by atoms with Crippen molar-refractivity contribution >= 4 is 21.8 Å². The highest BCUT2D eigenvalue weighted by Gasteiger charge is 1.94. The molecule has 0 unspecified atom stereocenters. The van der Waals surface area contributed by atoms with Gasteiger partial charge in [-0.15, -0.1) is 0 Å². The van der Waals surface area contributed by atoms with Crippen LogP contribution in [-0.4, -0.2) is 5.88 Å². The first kappa shape index (κ1) is 2.87. The molecule has 1 rings (SSSR count). The van der Waals surface area contributed by atoms with Gasteiger partial charge in [-0.25, -0.2) is 4.72 Å². The molecule has 0 radical (unpaired) electrons. The molecule has 24 valence electrons. The molecule has 1 N–H and O–H groups in total. The first-order valence-corrected chi connectivity index (χ1v) is 3.33. The van der Waals surface area contributed by atoms with Crippen LogP contribution in [0, 0.1) is 0 Å². The summed E-state index contributed by atoms with van der Waals surface area (Å²) in [5, 5.41) is 0. The predicted octanol–water partition coefficient (Wildman–Crippen LogP) is 0.843. The molecule has 0 bridgehead atoms. The van der Waals surface area contributed by atoms with Crippen molar-refractivity contribution in [3.63, 3.8) is 0 Å². The molecule has 1 nitrogen and oxygen atoms in total. The molecule has 3 heteroatoms. The van der Waals surface area contributed by atoms with Gasteiger partial charge in [0.2, 0.25) is 0 Å². The second-order valence-electron chi connectivity index (χ2n) is 0.490. The van der Waals surface area contributed by atoms with Crippen LogP contribution in [0.25, 0.3) is 0 Å². The molecule has 0 aromatic rings. The van der Waals surface area contributed by atoms with Crippen LogP contribution in [0.5, 0.6) is 0 Å². The van der Waals surface area contributed by atoms with Crippen molar-refractivity contribution in [2.24, 2.45) is 0 Å². The molecule has 1 aliphatic rings. The Labute approximate surface area is 33.1 Å². The summed E-state index contributed by atoms with van der Waals surface area (Å²) in [6.07, 6.45) is 0. The minimum Gasteiger partial charge on any atom is -0.244 e. The van der Waals surface area contributed by atoms with Crippen molar-refractivity contribution < 1.29 is 0 Å². The van der Waals surface area contributed by atoms with E-state index in [4.69, 9.17) is 0 Å². The third-order valence-corrected chi connectivity index (χ3v) is 2.12. The van der Waals surface area contributed by atoms with Crippen LogP contribution >= 0.6 is 21.8 Å². The average Bonchev–Trinajstić information content (AvgIpc) is 0.722. The van der Waals surface area contributed by atoms with Gasteiger partial charge in [0.15, 0.2) is 0 Å². The SMILES string of the molecule is C1NSS1. The van der Waals surface area contributed by atoms with Crippen LogP contribution < -0.4 is 4.72 Å². The van der Waals surface area contributed by atoms with Crippen molar-refractivity contribution in [2.45, 2.75) is 0 Å². The zero-order valence-electron chi connectivity index (χ0n) is 2.02. The molecule has 1 aliphatic heterocycles. The maximum Gasteiger partial charge on any atom is 0.0640 e. The zero-order valence-corrected chi connectivity index (χ0v) is 3.66. The first-order chi connectivity index (χ1) is 2.00. The minimum atomic E-state index is 1.13. The van der Waals surface area contributed by atoms with Crippen molar-refractivity contribution in [3.8, 4) is 0 Å². The summed E-state index contributed by atoms with van der Waals surface area (Å²) in [7, 11) is 3.55. The van der Waals surface area contributed by atoms with Crippen LogP contribution in [0.2, 0.25) is 0 Å². The normalized spacial score (nSPS) is 24.0. The topological polar surface area (TPSA) is 12.0 Å². The Bertz CT molecular complexity index is 14.0. The van der Waals surface area contributed by atoms with Gasteiger partial charge < -0.3 is 0 Å². The molecule has 0 atom stereocenters. The van der Waals surface area contributed by atoms with Crippen LogP contribution in [-0.2, 0) is 0 Å². The Morgan fingerprint density at radius 2 is 2.00 bits per heavy atom. The second kappa shape index (κ2) is 1.19. The van der Waals surface area contributed by atoms with Gasteiger partial charge in [-0.3, -0.25) is 0 Å². The maximum absolute atomic E-state index is 2.99. The molecule has 0 saturated carbocycles. The number of hydrogen-bond donors (Lipinski definition) is 1. The van der Waals surface area contributed by atoms with E-state index in [1.54, 1.807) is 11.0 Å². The Balaban J connectivity index is 2.00. The van der Waals surface area contributed by atoms with Crippen LogP contribution in [0.15, 0.2) is 0 Å². The van der Waals surface area contributed by atoms with Crippen LogP contribution in [0.3, 0.4) is 0 Å². The summed E-state index contributed by atoms with van der Waals surface area (Å²) < 4.78 is 2.99. The van der Waals surface area contributed by atoms with E-state index in [1.165, 1.54) is 0 Å². The summed E-state index contributed by atoms with van der Waals surface area (Å²) in [5.74, 6) is 1.13. The summed E-state index contributed by atoms with van der Waals surface area (Å²) in [6, 6.07) is 0. The van der Waals surface area contributed by atoms with Gasteiger partial charge in [-0.1, -0.05) is 10.8 Å². The molecule has 4 heavy (non-hydrogen) atoms. The van der Waals surface area contributed by atoms with Crippen molar-refractivity contribution in [1.82, 2.24) is 4.72 Å². The molecular weight excluding hydrogens is 90.2 g/mol. The molecule has 1 heterocycles. The fourth-order valence-electron chi connectivity index (χ4n) is 0.0589. The van der Waals surface area contributed by atoms with Crippen LogP contribution in [0.1, 0.15) is 0 Å². The van der Waals surface area contributed by atoms with E-state index in [0.717, 1.165) is 5.88 Å². The molecule has 0 spiro atoms. The van der Waals surface area contributed by atoms with Gasteiger partial charge in [0.25, 0.3) is 0 Å². The lowest BCUT2D eigenvalue weighted by Gasteiger charge is -2.07. The third-order valence-electron chi connectivity index (χ3n) is 0.236. The van der Waals surface area contributed by atoms with Gasteiger partial charge in [0.1, 0.15) is 0 Å². The lowest BCUT2D eigenvalue weighted by atomic mass is 11.5. The van der Waals surface area contributed by atoms with Gasteiger partial charge >= 0.3 is 0 Å².